The van der Waals surface area contributed by atoms with Gasteiger partial charge in [-0.25, -0.2) is 4.79 Å². The molecule has 4 heteroatoms. The standard InChI is InChI=1S/C12H16O4/c1-10(12(13)14)16-8-7-15-9-11-5-3-2-4-6-11/h2-6,10H,7-9H2,1H3,(H,13,14)/t10-/m1/s1. The number of carbonyl (C=O) groups is 1. The van der Waals surface area contributed by atoms with Crippen LogP contribution >= 0.6 is 0 Å². The summed E-state index contributed by atoms with van der Waals surface area (Å²) < 4.78 is 10.3. The molecule has 1 aromatic rings. The van der Waals surface area contributed by atoms with E-state index in [1.807, 2.05) is 30.3 Å². The van der Waals surface area contributed by atoms with E-state index in [1.165, 1.54) is 6.92 Å². The Hall–Kier alpha value is -1.39. The van der Waals surface area contributed by atoms with Gasteiger partial charge in [0.15, 0.2) is 6.10 Å². The van der Waals surface area contributed by atoms with Crippen molar-refractivity contribution in [1.29, 1.82) is 0 Å². The van der Waals surface area contributed by atoms with Gasteiger partial charge in [0.25, 0.3) is 0 Å². The highest BCUT2D eigenvalue weighted by Gasteiger charge is 2.09. The van der Waals surface area contributed by atoms with Crippen LogP contribution in [0.5, 0.6) is 0 Å². The van der Waals surface area contributed by atoms with Crippen molar-refractivity contribution in [2.75, 3.05) is 13.2 Å². The van der Waals surface area contributed by atoms with Gasteiger partial charge in [-0.15, -0.1) is 0 Å². The van der Waals surface area contributed by atoms with Crippen molar-refractivity contribution < 1.29 is 19.4 Å². The van der Waals surface area contributed by atoms with Crippen molar-refractivity contribution in [1.82, 2.24) is 0 Å². The minimum absolute atomic E-state index is 0.292. The predicted octanol–water partition coefficient (Wildman–Crippen LogP) is 1.69. The Morgan fingerprint density at radius 3 is 2.62 bits per heavy atom. The number of carboxylic acids is 1. The molecule has 1 atom stereocenters. The second-order valence-corrected chi connectivity index (χ2v) is 3.39. The van der Waals surface area contributed by atoms with Crippen molar-refractivity contribution in [2.24, 2.45) is 0 Å². The maximum Gasteiger partial charge on any atom is 0.332 e. The highest BCUT2D eigenvalue weighted by atomic mass is 16.5. The zero-order chi connectivity index (χ0) is 11.8. The molecule has 4 nitrogen and oxygen atoms in total. The predicted molar refractivity (Wildman–Crippen MR) is 59.1 cm³/mol. The molecule has 0 aliphatic rings. The van der Waals surface area contributed by atoms with E-state index in [-0.39, 0.29) is 0 Å². The summed E-state index contributed by atoms with van der Waals surface area (Å²) in [6.45, 7) is 2.71. The molecule has 1 aromatic carbocycles. The maximum atomic E-state index is 10.4. The molecule has 1 N–H and O–H groups in total. The highest BCUT2D eigenvalue weighted by Crippen LogP contribution is 2.00. The van der Waals surface area contributed by atoms with Gasteiger partial charge >= 0.3 is 5.97 Å². The van der Waals surface area contributed by atoms with Crippen molar-refractivity contribution in [3.8, 4) is 0 Å². The number of benzene rings is 1. The van der Waals surface area contributed by atoms with Crippen LogP contribution in [0, 0.1) is 0 Å². The molecule has 0 fully saturated rings. The Bertz CT molecular complexity index is 310. The second kappa shape index (κ2) is 6.98. The van der Waals surface area contributed by atoms with Gasteiger partial charge in [-0.2, -0.15) is 0 Å². The summed E-state index contributed by atoms with van der Waals surface area (Å²) in [6.07, 6.45) is -0.777. The summed E-state index contributed by atoms with van der Waals surface area (Å²) in [7, 11) is 0. The van der Waals surface area contributed by atoms with E-state index in [1.54, 1.807) is 0 Å². The minimum atomic E-state index is -0.956. The summed E-state index contributed by atoms with van der Waals surface area (Å²) >= 11 is 0. The Balaban J connectivity index is 2.07. The van der Waals surface area contributed by atoms with Gasteiger partial charge in [-0.05, 0) is 12.5 Å². The lowest BCUT2D eigenvalue weighted by Gasteiger charge is -2.08. The SMILES string of the molecule is C[C@@H](OCCOCc1ccccc1)C(=O)O. The molecule has 88 valence electrons. The van der Waals surface area contributed by atoms with E-state index in [0.29, 0.717) is 19.8 Å². The fourth-order valence-electron chi connectivity index (χ4n) is 1.12. The Kier molecular flexibility index (Phi) is 5.53. The zero-order valence-electron chi connectivity index (χ0n) is 9.26. The third kappa shape index (κ3) is 4.91. The quantitative estimate of drug-likeness (QED) is 0.716. The first-order chi connectivity index (χ1) is 7.70. The normalized spacial score (nSPS) is 12.3. The van der Waals surface area contributed by atoms with E-state index in [9.17, 15) is 4.79 Å². The first-order valence-corrected chi connectivity index (χ1v) is 5.16. The van der Waals surface area contributed by atoms with Gasteiger partial charge < -0.3 is 14.6 Å². The largest absolute Gasteiger partial charge is 0.479 e. The first kappa shape index (κ1) is 12.7. The lowest BCUT2D eigenvalue weighted by Crippen LogP contribution is -2.21. The molecule has 0 radical (unpaired) electrons. The molecular weight excluding hydrogens is 208 g/mol. The molecule has 0 heterocycles. The maximum absolute atomic E-state index is 10.4. The fourth-order valence-corrected chi connectivity index (χ4v) is 1.12. The molecule has 0 aliphatic carbocycles. The summed E-state index contributed by atoms with van der Waals surface area (Å²) in [5, 5.41) is 8.55. The number of ether oxygens (including phenoxy) is 2. The van der Waals surface area contributed by atoms with Gasteiger partial charge in [0.2, 0.25) is 0 Å². The molecule has 0 unspecified atom stereocenters. The lowest BCUT2D eigenvalue weighted by atomic mass is 10.2. The zero-order valence-corrected chi connectivity index (χ0v) is 9.26. The van der Waals surface area contributed by atoms with Crippen LogP contribution < -0.4 is 0 Å². The number of hydrogen-bond acceptors (Lipinski definition) is 3. The molecular formula is C12H16O4. The summed E-state index contributed by atoms with van der Waals surface area (Å²) in [5.74, 6) is -0.956. The molecule has 0 spiro atoms. The van der Waals surface area contributed by atoms with Crippen LogP contribution in [0.2, 0.25) is 0 Å². The van der Waals surface area contributed by atoms with Gasteiger partial charge in [0.05, 0.1) is 19.8 Å². The van der Waals surface area contributed by atoms with Crippen LogP contribution in [0.1, 0.15) is 12.5 Å². The summed E-state index contributed by atoms with van der Waals surface area (Å²) in [5.41, 5.74) is 1.09. The first-order valence-electron chi connectivity index (χ1n) is 5.16. The Morgan fingerprint density at radius 2 is 2.00 bits per heavy atom. The third-order valence-corrected chi connectivity index (χ3v) is 2.05. The molecule has 0 saturated heterocycles. The lowest BCUT2D eigenvalue weighted by molar-refractivity contribution is -0.150. The molecule has 0 amide bonds. The highest BCUT2D eigenvalue weighted by molar-refractivity contribution is 5.71. The number of rotatable bonds is 7. The van der Waals surface area contributed by atoms with E-state index in [0.717, 1.165) is 5.56 Å². The van der Waals surface area contributed by atoms with E-state index in [4.69, 9.17) is 14.6 Å². The average Bonchev–Trinajstić information content (AvgIpc) is 2.29. The smallest absolute Gasteiger partial charge is 0.332 e. The number of carboxylic acid groups (broad SMARTS) is 1. The summed E-state index contributed by atoms with van der Waals surface area (Å²) in [4.78, 5) is 10.4. The Morgan fingerprint density at radius 1 is 1.31 bits per heavy atom. The van der Waals surface area contributed by atoms with Crippen LogP contribution in [0.4, 0.5) is 0 Å². The molecule has 0 aromatic heterocycles. The van der Waals surface area contributed by atoms with Crippen molar-refractivity contribution in [3.63, 3.8) is 0 Å². The minimum Gasteiger partial charge on any atom is -0.479 e. The van der Waals surface area contributed by atoms with Gasteiger partial charge in [0, 0.05) is 0 Å². The topological polar surface area (TPSA) is 55.8 Å². The van der Waals surface area contributed by atoms with E-state index < -0.39 is 12.1 Å². The number of hydrogen-bond donors (Lipinski definition) is 1. The molecule has 0 bridgehead atoms. The second-order valence-electron chi connectivity index (χ2n) is 3.39. The fraction of sp³-hybridized carbons (Fsp3) is 0.417. The van der Waals surface area contributed by atoms with Crippen LogP contribution in [-0.2, 0) is 20.9 Å². The van der Waals surface area contributed by atoms with Crippen LogP contribution in [0.15, 0.2) is 30.3 Å². The van der Waals surface area contributed by atoms with Crippen LogP contribution in [-0.4, -0.2) is 30.4 Å². The third-order valence-electron chi connectivity index (χ3n) is 2.05. The van der Waals surface area contributed by atoms with Gasteiger partial charge in [-0.1, -0.05) is 30.3 Å². The molecule has 16 heavy (non-hydrogen) atoms. The Labute approximate surface area is 94.8 Å². The average molecular weight is 224 g/mol. The molecule has 1 rings (SSSR count). The van der Waals surface area contributed by atoms with Crippen molar-refractivity contribution >= 4 is 5.97 Å². The van der Waals surface area contributed by atoms with E-state index >= 15 is 0 Å². The van der Waals surface area contributed by atoms with Gasteiger partial charge in [0.1, 0.15) is 0 Å². The van der Waals surface area contributed by atoms with E-state index in [2.05, 4.69) is 0 Å². The summed E-state index contributed by atoms with van der Waals surface area (Å²) in [6, 6.07) is 9.78. The van der Waals surface area contributed by atoms with Crippen LogP contribution in [0.25, 0.3) is 0 Å². The van der Waals surface area contributed by atoms with Crippen LogP contribution in [0.3, 0.4) is 0 Å². The van der Waals surface area contributed by atoms with Crippen molar-refractivity contribution in [2.45, 2.75) is 19.6 Å². The monoisotopic (exact) mass is 224 g/mol. The van der Waals surface area contributed by atoms with Gasteiger partial charge in [-0.3, -0.25) is 0 Å². The van der Waals surface area contributed by atoms with Crippen molar-refractivity contribution in [3.05, 3.63) is 35.9 Å². The molecule has 0 aliphatic heterocycles. The number of aliphatic carboxylic acids is 1. The molecule has 0 saturated carbocycles.